The van der Waals surface area contributed by atoms with Crippen molar-refractivity contribution in [2.24, 2.45) is 0 Å². The molecule has 1 saturated heterocycles. The monoisotopic (exact) mass is 322 g/mol. The van der Waals surface area contributed by atoms with Gasteiger partial charge in [0.15, 0.2) is 0 Å². The highest BCUT2D eigenvalue weighted by Crippen LogP contribution is 2.25. The number of amides is 1. The maximum atomic E-state index is 11.9. The van der Waals surface area contributed by atoms with Crippen LogP contribution >= 0.6 is 15.9 Å². The maximum Gasteiger partial charge on any atom is 0.239 e. The smallest absolute Gasteiger partial charge is 0.239 e. The molecule has 1 aliphatic heterocycles. The quantitative estimate of drug-likeness (QED) is 0.904. The van der Waals surface area contributed by atoms with E-state index in [1.165, 1.54) is 11.1 Å². The van der Waals surface area contributed by atoms with Gasteiger partial charge in [-0.05, 0) is 48.9 Å². The molecule has 4 heteroatoms. The van der Waals surface area contributed by atoms with E-state index >= 15 is 0 Å². The zero-order chi connectivity index (χ0) is 13.4. The molecule has 0 radical (unpaired) electrons. The zero-order valence-corrected chi connectivity index (χ0v) is 12.7. The minimum atomic E-state index is 0.0343. The number of carbonyl (C=O) groups is 1. The van der Waals surface area contributed by atoms with E-state index in [-0.39, 0.29) is 11.9 Å². The molecule has 0 bridgehead atoms. The van der Waals surface area contributed by atoms with E-state index in [0.717, 1.165) is 36.7 Å². The lowest BCUT2D eigenvalue weighted by atomic mass is 9.88. The molecular weight excluding hydrogens is 304 g/mol. The van der Waals surface area contributed by atoms with E-state index in [0.29, 0.717) is 6.04 Å². The molecule has 2 unspecified atom stereocenters. The van der Waals surface area contributed by atoms with Crippen molar-refractivity contribution >= 4 is 21.8 Å². The molecule has 1 N–H and O–H groups in total. The Morgan fingerprint density at radius 1 is 1.32 bits per heavy atom. The Labute approximate surface area is 122 Å². The van der Waals surface area contributed by atoms with Gasteiger partial charge in [0.05, 0.1) is 6.04 Å². The van der Waals surface area contributed by atoms with Crippen LogP contribution in [0.1, 0.15) is 24.0 Å². The number of hydrogen-bond donors (Lipinski definition) is 1. The normalized spacial score (nSPS) is 26.6. The van der Waals surface area contributed by atoms with Crippen LogP contribution in [0.3, 0.4) is 0 Å². The van der Waals surface area contributed by atoms with Gasteiger partial charge in [-0.25, -0.2) is 0 Å². The van der Waals surface area contributed by atoms with Crippen molar-refractivity contribution < 1.29 is 4.79 Å². The minimum Gasteiger partial charge on any atom is -0.344 e. The van der Waals surface area contributed by atoms with Gasteiger partial charge in [0.25, 0.3) is 0 Å². The Balaban J connectivity index is 1.66. The lowest BCUT2D eigenvalue weighted by molar-refractivity contribution is -0.128. The summed E-state index contributed by atoms with van der Waals surface area (Å²) in [5, 5.41) is 3.55. The molecule has 2 aliphatic rings. The summed E-state index contributed by atoms with van der Waals surface area (Å²) in [6.07, 6.45) is 4.20. The molecule has 1 fully saturated rings. The number of nitrogens with zero attached hydrogens (tertiary/aromatic N) is 1. The third-order valence-corrected chi connectivity index (χ3v) is 4.75. The molecular formula is C15H19BrN2O. The van der Waals surface area contributed by atoms with Gasteiger partial charge < -0.3 is 10.2 Å². The number of likely N-dealkylation sites (N-methyl/N-ethyl adjacent to an activating group) is 1. The number of aryl methyl sites for hydroxylation is 1. The van der Waals surface area contributed by atoms with Crippen LogP contribution in [-0.2, 0) is 17.6 Å². The van der Waals surface area contributed by atoms with E-state index in [4.69, 9.17) is 0 Å². The number of halogens is 1. The minimum absolute atomic E-state index is 0.0343. The average Bonchev–Trinajstić information content (AvgIpc) is 2.71. The van der Waals surface area contributed by atoms with Crippen molar-refractivity contribution in [2.45, 2.75) is 37.8 Å². The van der Waals surface area contributed by atoms with Crippen molar-refractivity contribution in [3.63, 3.8) is 0 Å². The fourth-order valence-electron chi connectivity index (χ4n) is 3.13. The first-order valence-electron chi connectivity index (χ1n) is 6.92. The molecule has 0 spiro atoms. The summed E-state index contributed by atoms with van der Waals surface area (Å²) in [4.78, 5) is 13.8. The Bertz CT molecular complexity index is 503. The zero-order valence-electron chi connectivity index (χ0n) is 11.2. The number of likely N-dealkylation sites (tertiary alicyclic amines) is 1. The number of rotatable bonds is 2. The first kappa shape index (κ1) is 13.1. The van der Waals surface area contributed by atoms with Crippen molar-refractivity contribution in [2.75, 3.05) is 13.6 Å². The molecule has 2 atom stereocenters. The fraction of sp³-hybridized carbons (Fsp3) is 0.533. The number of hydrogen-bond acceptors (Lipinski definition) is 2. The van der Waals surface area contributed by atoms with Gasteiger partial charge in [-0.3, -0.25) is 4.79 Å². The standard InChI is InChI=1S/C15H19BrN2O/c1-18-7-6-14(15(18)19)17-13-5-3-10-8-12(16)4-2-11(10)9-13/h2,4,8,13-14,17H,3,5-7,9H2,1H3. The third kappa shape index (κ3) is 2.70. The molecule has 102 valence electrons. The Morgan fingerprint density at radius 3 is 2.89 bits per heavy atom. The predicted molar refractivity (Wildman–Crippen MR) is 79.1 cm³/mol. The van der Waals surface area contributed by atoms with Gasteiger partial charge in [0, 0.05) is 24.1 Å². The largest absolute Gasteiger partial charge is 0.344 e. The molecule has 0 aromatic heterocycles. The Hall–Kier alpha value is -0.870. The van der Waals surface area contributed by atoms with Crippen molar-refractivity contribution in [3.8, 4) is 0 Å². The van der Waals surface area contributed by atoms with Gasteiger partial charge >= 0.3 is 0 Å². The second kappa shape index (κ2) is 5.25. The Morgan fingerprint density at radius 2 is 2.16 bits per heavy atom. The molecule has 1 heterocycles. The third-order valence-electron chi connectivity index (χ3n) is 4.26. The van der Waals surface area contributed by atoms with Crippen molar-refractivity contribution in [1.82, 2.24) is 10.2 Å². The predicted octanol–water partition coefficient (Wildman–Crippen LogP) is 2.13. The highest BCUT2D eigenvalue weighted by Gasteiger charge is 2.31. The second-order valence-corrected chi connectivity index (χ2v) is 6.54. The van der Waals surface area contributed by atoms with E-state index in [2.05, 4.69) is 39.4 Å². The van der Waals surface area contributed by atoms with Crippen LogP contribution in [0.15, 0.2) is 22.7 Å². The molecule has 1 aromatic rings. The van der Waals surface area contributed by atoms with Gasteiger partial charge in [-0.15, -0.1) is 0 Å². The maximum absolute atomic E-state index is 11.9. The summed E-state index contributed by atoms with van der Waals surface area (Å²) in [5.74, 6) is 0.251. The highest BCUT2D eigenvalue weighted by molar-refractivity contribution is 9.10. The molecule has 1 aliphatic carbocycles. The fourth-order valence-corrected chi connectivity index (χ4v) is 3.54. The van der Waals surface area contributed by atoms with E-state index in [9.17, 15) is 4.79 Å². The topological polar surface area (TPSA) is 32.3 Å². The summed E-state index contributed by atoms with van der Waals surface area (Å²) < 4.78 is 1.16. The first-order chi connectivity index (χ1) is 9.13. The number of carbonyl (C=O) groups excluding carboxylic acids is 1. The molecule has 3 nitrogen and oxygen atoms in total. The van der Waals surface area contributed by atoms with Crippen LogP contribution in [0.5, 0.6) is 0 Å². The van der Waals surface area contributed by atoms with E-state index in [1.807, 2.05) is 11.9 Å². The SMILES string of the molecule is CN1CCC(NC2CCc3cc(Br)ccc3C2)C1=O. The lowest BCUT2D eigenvalue weighted by Gasteiger charge is -2.28. The summed E-state index contributed by atoms with van der Waals surface area (Å²) in [6.45, 7) is 0.882. The summed E-state index contributed by atoms with van der Waals surface area (Å²) in [5.41, 5.74) is 2.87. The average molecular weight is 323 g/mol. The van der Waals surface area contributed by atoms with Crippen LogP contribution in [0.2, 0.25) is 0 Å². The van der Waals surface area contributed by atoms with E-state index < -0.39 is 0 Å². The van der Waals surface area contributed by atoms with Gasteiger partial charge in [-0.1, -0.05) is 22.0 Å². The molecule has 0 saturated carbocycles. The Kier molecular flexibility index (Phi) is 3.63. The molecule has 1 amide bonds. The van der Waals surface area contributed by atoms with Crippen LogP contribution in [-0.4, -0.2) is 36.5 Å². The van der Waals surface area contributed by atoms with E-state index in [1.54, 1.807) is 0 Å². The molecule has 19 heavy (non-hydrogen) atoms. The van der Waals surface area contributed by atoms with Gasteiger partial charge in [0.1, 0.15) is 0 Å². The summed E-state index contributed by atoms with van der Waals surface area (Å²) in [7, 11) is 1.89. The number of benzene rings is 1. The molecule has 3 rings (SSSR count). The summed E-state index contributed by atoms with van der Waals surface area (Å²) >= 11 is 3.53. The van der Waals surface area contributed by atoms with Crippen LogP contribution in [0.25, 0.3) is 0 Å². The first-order valence-corrected chi connectivity index (χ1v) is 7.71. The lowest BCUT2D eigenvalue weighted by Crippen LogP contribution is -2.45. The van der Waals surface area contributed by atoms with Gasteiger partial charge in [-0.2, -0.15) is 0 Å². The number of nitrogens with one attached hydrogen (secondary N) is 1. The second-order valence-electron chi connectivity index (χ2n) is 5.62. The molecule has 1 aromatic carbocycles. The highest BCUT2D eigenvalue weighted by atomic mass is 79.9. The summed E-state index contributed by atoms with van der Waals surface area (Å²) in [6, 6.07) is 7.01. The van der Waals surface area contributed by atoms with Crippen LogP contribution in [0, 0.1) is 0 Å². The van der Waals surface area contributed by atoms with Crippen LogP contribution in [0.4, 0.5) is 0 Å². The number of fused-ring (bicyclic) bond motifs is 1. The van der Waals surface area contributed by atoms with Crippen molar-refractivity contribution in [1.29, 1.82) is 0 Å². The van der Waals surface area contributed by atoms with Crippen LogP contribution < -0.4 is 5.32 Å². The van der Waals surface area contributed by atoms with Gasteiger partial charge in [0.2, 0.25) is 5.91 Å². The van der Waals surface area contributed by atoms with Crippen molar-refractivity contribution in [3.05, 3.63) is 33.8 Å².